The molecule has 6 fully saturated rings. The Morgan fingerprint density at radius 2 is 1.72 bits per heavy atom. The second kappa shape index (κ2) is 12.6. The molecule has 12 heteroatoms. The predicted molar refractivity (Wildman–Crippen MR) is 160 cm³/mol. The van der Waals surface area contributed by atoms with Gasteiger partial charge in [-0.1, -0.05) is 0 Å². The van der Waals surface area contributed by atoms with Crippen LogP contribution in [0, 0.1) is 17.3 Å². The Kier molecular flexibility index (Phi) is 9.35. The minimum Gasteiger partial charge on any atom is -0.394 e. The number of likely N-dealkylation sites (tertiary alicyclic amines) is 2. The van der Waals surface area contributed by atoms with Crippen molar-refractivity contribution in [3.63, 3.8) is 0 Å². The van der Waals surface area contributed by atoms with E-state index >= 15 is 0 Å². The Labute approximate surface area is 256 Å². The zero-order valence-corrected chi connectivity index (χ0v) is 26.7. The summed E-state index contributed by atoms with van der Waals surface area (Å²) in [4.78, 5) is 18.2. The molecule has 2 amide bonds. The van der Waals surface area contributed by atoms with Gasteiger partial charge < -0.3 is 20.1 Å². The summed E-state index contributed by atoms with van der Waals surface area (Å²) in [5.74, 6) is 0.604. The van der Waals surface area contributed by atoms with Crippen LogP contribution in [0.15, 0.2) is 0 Å². The summed E-state index contributed by atoms with van der Waals surface area (Å²) in [6, 6.07) is -0.446. The van der Waals surface area contributed by atoms with Crippen LogP contribution >= 0.6 is 0 Å². The summed E-state index contributed by atoms with van der Waals surface area (Å²) in [5.41, 5.74) is -0.293. The quantitative estimate of drug-likeness (QED) is 0.483. The Balaban J connectivity index is 1.27. The molecule has 8 atom stereocenters. The second-order valence-corrected chi connectivity index (χ2v) is 16.8. The molecule has 43 heavy (non-hydrogen) atoms. The zero-order valence-electron chi connectivity index (χ0n) is 25.9. The highest BCUT2D eigenvalue weighted by molar-refractivity contribution is 7.89. The number of fused-ring (bicyclic) bond motifs is 4. The van der Waals surface area contributed by atoms with Crippen LogP contribution in [0.4, 0.5) is 13.6 Å². The number of sulfonamides is 1. The molecule has 3 saturated heterocycles. The molecule has 6 aliphatic rings. The number of nitrogens with one attached hydrogen (secondary N) is 1. The van der Waals surface area contributed by atoms with E-state index < -0.39 is 27.6 Å². The molecule has 3 heterocycles. The maximum atomic E-state index is 14.2. The topological polar surface area (TPSA) is 102 Å². The minimum atomic E-state index is -3.61. The summed E-state index contributed by atoms with van der Waals surface area (Å²) in [7, 11) is 0.280. The summed E-state index contributed by atoms with van der Waals surface area (Å²) in [6.45, 7) is 1.07. The highest BCUT2D eigenvalue weighted by Gasteiger charge is 2.64. The van der Waals surface area contributed by atoms with Gasteiger partial charge in [-0.05, 0) is 108 Å². The van der Waals surface area contributed by atoms with Crippen molar-refractivity contribution in [2.45, 2.75) is 131 Å². The minimum absolute atomic E-state index is 0.0505. The second-order valence-electron chi connectivity index (χ2n) is 14.6. The Bertz CT molecular complexity index is 1100. The molecular weight excluding hydrogens is 578 g/mol. The first-order chi connectivity index (χ1) is 20.6. The lowest BCUT2D eigenvalue weighted by atomic mass is 9.57. The first-order valence-corrected chi connectivity index (χ1v) is 18.3. The number of aliphatic hydroxyl groups excluding tert-OH is 1. The molecule has 0 radical (unpaired) electrons. The van der Waals surface area contributed by atoms with Crippen molar-refractivity contribution in [1.82, 2.24) is 19.4 Å². The van der Waals surface area contributed by atoms with Gasteiger partial charge in [0.15, 0.2) is 0 Å². The van der Waals surface area contributed by atoms with E-state index in [9.17, 15) is 27.1 Å². The molecule has 246 valence electrons. The van der Waals surface area contributed by atoms with Crippen molar-refractivity contribution in [1.29, 1.82) is 0 Å². The van der Waals surface area contributed by atoms with Gasteiger partial charge in [-0.3, -0.25) is 4.90 Å². The third kappa shape index (κ3) is 5.85. The van der Waals surface area contributed by atoms with Crippen LogP contribution in [0.1, 0.15) is 83.5 Å². The molecule has 0 aromatic rings. The van der Waals surface area contributed by atoms with E-state index in [1.165, 1.54) is 0 Å². The fourth-order valence-electron chi connectivity index (χ4n) is 10.2. The number of halogens is 2. The normalized spacial score (nSPS) is 42.4. The highest BCUT2D eigenvalue weighted by atomic mass is 32.2. The zero-order chi connectivity index (χ0) is 30.5. The van der Waals surface area contributed by atoms with Crippen LogP contribution in [0.25, 0.3) is 0 Å². The van der Waals surface area contributed by atoms with Crippen LogP contribution in [0.5, 0.6) is 0 Å². The number of alkyl halides is 2. The van der Waals surface area contributed by atoms with Crippen LogP contribution in [-0.4, -0.2) is 122 Å². The van der Waals surface area contributed by atoms with Crippen molar-refractivity contribution >= 4 is 16.1 Å². The van der Waals surface area contributed by atoms with Gasteiger partial charge >= 0.3 is 6.03 Å². The lowest BCUT2D eigenvalue weighted by molar-refractivity contribution is -0.0734. The number of carbonyl (C=O) groups excluding carboxylic acids is 1. The molecule has 6 rings (SSSR count). The SMILES string of the molecule is COC1CCC2C(C1)N(C)C1C2C2(CCN(S(=O)(=O)C3CCCC(F)C3)CC2)CN(C(=O)NC2CCC(F)CC2)[C@H]1CO. The first kappa shape index (κ1) is 31.9. The average molecular weight is 631 g/mol. The highest BCUT2D eigenvalue weighted by Crippen LogP contribution is 2.58. The molecule has 3 saturated carbocycles. The number of likely N-dealkylation sites (N-methyl/N-ethyl adjacent to an activating group) is 1. The largest absolute Gasteiger partial charge is 0.394 e. The number of rotatable bonds is 5. The molecule has 0 bridgehead atoms. The summed E-state index contributed by atoms with van der Waals surface area (Å²) < 4.78 is 62.7. The van der Waals surface area contributed by atoms with E-state index in [0.29, 0.717) is 83.3 Å². The molecule has 7 unspecified atom stereocenters. The summed E-state index contributed by atoms with van der Waals surface area (Å²) in [6.07, 6.45) is 6.24. The smallest absolute Gasteiger partial charge is 0.318 e. The van der Waals surface area contributed by atoms with Gasteiger partial charge in [0, 0.05) is 44.9 Å². The molecule has 3 aliphatic heterocycles. The number of methoxy groups -OCH3 is 1. The third-order valence-electron chi connectivity index (χ3n) is 12.5. The number of ether oxygens (including phenoxy) is 1. The fraction of sp³-hybridized carbons (Fsp3) is 0.968. The standard InChI is InChI=1S/C31H52F2N4O5S/c1-35-26-17-23(42-2)10-11-25(26)28-29(35)27(18-38)37(30(39)34-22-8-6-20(32)7-9-22)19-31(28)12-14-36(15-13-31)43(40,41)24-5-3-4-21(33)16-24/h20-29,38H,3-19H2,1-2H3,(H,34,39)/t20?,21?,22?,23?,24?,25?,26?,27-,28?,29?/m0/s1. The number of carbonyl (C=O) groups is 1. The maximum Gasteiger partial charge on any atom is 0.318 e. The number of aliphatic hydroxyl groups is 1. The molecule has 2 N–H and O–H groups in total. The van der Waals surface area contributed by atoms with Gasteiger partial charge in [-0.2, -0.15) is 0 Å². The molecule has 0 aromatic carbocycles. The van der Waals surface area contributed by atoms with E-state index in [0.717, 1.165) is 19.3 Å². The van der Waals surface area contributed by atoms with Crippen molar-refractivity contribution in [2.75, 3.05) is 40.4 Å². The van der Waals surface area contributed by atoms with E-state index in [-0.39, 0.29) is 60.7 Å². The number of hydrogen-bond acceptors (Lipinski definition) is 6. The average Bonchev–Trinajstić information content (AvgIpc) is 3.31. The van der Waals surface area contributed by atoms with E-state index in [1.54, 1.807) is 11.4 Å². The number of amides is 2. The lowest BCUT2D eigenvalue weighted by Gasteiger charge is -2.58. The number of piperidine rings is 2. The van der Waals surface area contributed by atoms with E-state index in [1.807, 2.05) is 4.90 Å². The van der Waals surface area contributed by atoms with Gasteiger partial charge in [-0.25, -0.2) is 26.3 Å². The van der Waals surface area contributed by atoms with Crippen LogP contribution < -0.4 is 5.32 Å². The summed E-state index contributed by atoms with van der Waals surface area (Å²) >= 11 is 0. The monoisotopic (exact) mass is 630 g/mol. The molecule has 9 nitrogen and oxygen atoms in total. The van der Waals surface area contributed by atoms with Gasteiger partial charge in [0.1, 0.15) is 12.3 Å². The van der Waals surface area contributed by atoms with Crippen molar-refractivity contribution in [3.8, 4) is 0 Å². The lowest BCUT2D eigenvalue weighted by Crippen LogP contribution is -2.69. The Morgan fingerprint density at radius 3 is 2.37 bits per heavy atom. The number of nitrogens with zero attached hydrogens (tertiary/aromatic N) is 3. The van der Waals surface area contributed by atoms with Crippen LogP contribution in [0.3, 0.4) is 0 Å². The number of hydrogen-bond donors (Lipinski definition) is 2. The van der Waals surface area contributed by atoms with Crippen LogP contribution in [-0.2, 0) is 14.8 Å². The Hall–Kier alpha value is -1.08. The van der Waals surface area contributed by atoms with Crippen molar-refractivity contribution < 1.29 is 31.8 Å². The predicted octanol–water partition coefficient (Wildman–Crippen LogP) is 3.46. The fourth-order valence-corrected chi connectivity index (χ4v) is 12.2. The van der Waals surface area contributed by atoms with Crippen molar-refractivity contribution in [3.05, 3.63) is 0 Å². The van der Waals surface area contributed by atoms with Gasteiger partial charge in [0.2, 0.25) is 10.0 Å². The molecular formula is C31H52F2N4O5S. The maximum absolute atomic E-state index is 14.2. The van der Waals surface area contributed by atoms with Crippen LogP contribution in [0.2, 0.25) is 0 Å². The third-order valence-corrected chi connectivity index (χ3v) is 14.8. The first-order valence-electron chi connectivity index (χ1n) is 16.8. The van der Waals surface area contributed by atoms with Gasteiger partial charge in [-0.15, -0.1) is 0 Å². The molecule has 1 spiro atoms. The molecule has 3 aliphatic carbocycles. The van der Waals surface area contributed by atoms with E-state index in [4.69, 9.17) is 4.74 Å². The molecule has 0 aromatic heterocycles. The van der Waals surface area contributed by atoms with Gasteiger partial charge in [0.25, 0.3) is 0 Å². The Morgan fingerprint density at radius 1 is 1.00 bits per heavy atom. The summed E-state index contributed by atoms with van der Waals surface area (Å²) in [5, 5.41) is 13.3. The number of urea groups is 1. The van der Waals surface area contributed by atoms with E-state index in [2.05, 4.69) is 17.3 Å². The van der Waals surface area contributed by atoms with Crippen molar-refractivity contribution in [2.24, 2.45) is 17.3 Å². The van der Waals surface area contributed by atoms with Gasteiger partial charge in [0.05, 0.1) is 24.0 Å².